The molecule has 172 valence electrons. The molecule has 11 heteroatoms. The Morgan fingerprint density at radius 2 is 1.91 bits per heavy atom. The smallest absolute Gasteiger partial charge is 0.376 e. The second kappa shape index (κ2) is 8.81. The molecule has 2 aliphatic heterocycles. The van der Waals surface area contributed by atoms with Gasteiger partial charge in [0, 0.05) is 44.7 Å². The van der Waals surface area contributed by atoms with Crippen LogP contribution in [0.1, 0.15) is 28.8 Å². The van der Waals surface area contributed by atoms with Gasteiger partial charge in [-0.1, -0.05) is 6.07 Å². The maximum atomic E-state index is 13.0. The van der Waals surface area contributed by atoms with Crippen LogP contribution in [-0.4, -0.2) is 59.2 Å². The van der Waals surface area contributed by atoms with Gasteiger partial charge >= 0.3 is 11.9 Å². The topological polar surface area (TPSA) is 87.6 Å². The van der Waals surface area contributed by atoms with Gasteiger partial charge in [0.2, 0.25) is 0 Å². The van der Waals surface area contributed by atoms with E-state index in [0.29, 0.717) is 25.4 Å². The first-order valence-corrected chi connectivity index (χ1v) is 10.4. The van der Waals surface area contributed by atoms with Gasteiger partial charge in [0.1, 0.15) is 5.56 Å². The van der Waals surface area contributed by atoms with Crippen molar-refractivity contribution in [3.63, 3.8) is 0 Å². The summed E-state index contributed by atoms with van der Waals surface area (Å²) in [5, 5.41) is 0. The number of carbonyl (C=O) groups is 1. The van der Waals surface area contributed by atoms with Gasteiger partial charge in [-0.3, -0.25) is 14.2 Å². The molecular weight excluding hydrogens is 429 g/mol. The van der Waals surface area contributed by atoms with Gasteiger partial charge in [-0.05, 0) is 31.0 Å². The Hall–Kier alpha value is -3.08. The van der Waals surface area contributed by atoms with Crippen LogP contribution < -0.4 is 16.1 Å². The number of aromatic amines is 1. The van der Waals surface area contributed by atoms with Crippen LogP contribution in [-0.2, 0) is 17.5 Å². The fourth-order valence-corrected chi connectivity index (χ4v) is 4.04. The maximum absolute atomic E-state index is 13.0. The molecule has 2 fully saturated rings. The molecule has 2 aromatic rings. The Balaban J connectivity index is 1.46. The molecule has 1 aromatic heterocycles. The van der Waals surface area contributed by atoms with Crippen molar-refractivity contribution in [2.24, 2.45) is 0 Å². The second-order valence-corrected chi connectivity index (χ2v) is 7.89. The highest BCUT2D eigenvalue weighted by atomic mass is 19.4. The van der Waals surface area contributed by atoms with E-state index in [-0.39, 0.29) is 31.3 Å². The van der Waals surface area contributed by atoms with Crippen molar-refractivity contribution >= 4 is 11.6 Å². The van der Waals surface area contributed by atoms with Gasteiger partial charge in [0.25, 0.3) is 11.5 Å². The third kappa shape index (κ3) is 4.57. The number of piperazine rings is 1. The Morgan fingerprint density at radius 3 is 2.56 bits per heavy atom. The van der Waals surface area contributed by atoms with Crippen molar-refractivity contribution in [1.82, 2.24) is 14.5 Å². The zero-order valence-corrected chi connectivity index (χ0v) is 17.2. The zero-order valence-electron chi connectivity index (χ0n) is 17.2. The van der Waals surface area contributed by atoms with E-state index < -0.39 is 28.9 Å². The molecule has 0 spiro atoms. The molecule has 2 saturated heterocycles. The van der Waals surface area contributed by atoms with Crippen molar-refractivity contribution in [2.75, 3.05) is 37.7 Å². The molecule has 3 heterocycles. The lowest BCUT2D eigenvalue weighted by Crippen LogP contribution is -2.51. The highest BCUT2D eigenvalue weighted by molar-refractivity contribution is 5.93. The molecule has 0 aliphatic carbocycles. The molecule has 4 rings (SSSR count). The lowest BCUT2D eigenvalue weighted by atomic mass is 10.1. The summed E-state index contributed by atoms with van der Waals surface area (Å²) in [6.07, 6.45) is -1.96. The number of nitrogens with zero attached hydrogens (tertiary/aromatic N) is 3. The molecule has 32 heavy (non-hydrogen) atoms. The number of aromatic nitrogens is 2. The van der Waals surface area contributed by atoms with E-state index in [1.807, 2.05) is 0 Å². The average molecular weight is 452 g/mol. The molecule has 1 unspecified atom stereocenters. The first kappa shape index (κ1) is 22.1. The number of hydrogen-bond donors (Lipinski definition) is 1. The number of hydrogen-bond acceptors (Lipinski definition) is 5. The van der Waals surface area contributed by atoms with Crippen LogP contribution in [0.15, 0.2) is 40.1 Å². The molecule has 8 nitrogen and oxygen atoms in total. The fraction of sp³-hybridized carbons (Fsp3) is 0.476. The Bertz CT molecular complexity index is 1100. The number of H-pyrrole nitrogens is 1. The van der Waals surface area contributed by atoms with Crippen molar-refractivity contribution in [3.8, 4) is 0 Å². The normalized spacial score (nSPS) is 19.4. The number of anilines is 1. The summed E-state index contributed by atoms with van der Waals surface area (Å²) in [6.45, 7) is 1.77. The van der Waals surface area contributed by atoms with Crippen molar-refractivity contribution in [3.05, 3.63) is 62.4 Å². The molecular formula is C21H23F3N4O4. The summed E-state index contributed by atoms with van der Waals surface area (Å²) < 4.78 is 45.4. The van der Waals surface area contributed by atoms with E-state index in [0.717, 1.165) is 35.7 Å². The number of ether oxygens (including phenoxy) is 1. The van der Waals surface area contributed by atoms with Gasteiger partial charge < -0.3 is 19.5 Å². The van der Waals surface area contributed by atoms with Gasteiger partial charge in [-0.25, -0.2) is 4.79 Å². The van der Waals surface area contributed by atoms with E-state index >= 15 is 0 Å². The lowest BCUT2D eigenvalue weighted by Gasteiger charge is -2.36. The fourth-order valence-electron chi connectivity index (χ4n) is 4.04. The minimum Gasteiger partial charge on any atom is -0.376 e. The van der Waals surface area contributed by atoms with Crippen molar-refractivity contribution < 1.29 is 22.7 Å². The summed E-state index contributed by atoms with van der Waals surface area (Å²) in [4.78, 5) is 43.5. The highest BCUT2D eigenvalue weighted by Gasteiger charge is 2.31. The van der Waals surface area contributed by atoms with E-state index in [1.165, 1.54) is 11.0 Å². The number of nitrogens with one attached hydrogen (secondary N) is 1. The Kier molecular flexibility index (Phi) is 6.09. The zero-order chi connectivity index (χ0) is 22.9. The van der Waals surface area contributed by atoms with E-state index in [9.17, 15) is 27.6 Å². The van der Waals surface area contributed by atoms with Gasteiger partial charge in [-0.2, -0.15) is 13.2 Å². The Morgan fingerprint density at radius 1 is 1.16 bits per heavy atom. The number of halogens is 3. The number of alkyl halides is 3. The first-order chi connectivity index (χ1) is 15.2. The first-order valence-electron chi connectivity index (χ1n) is 10.4. The minimum atomic E-state index is -4.43. The number of benzene rings is 1. The molecule has 2 aliphatic rings. The van der Waals surface area contributed by atoms with Crippen LogP contribution in [0.5, 0.6) is 0 Å². The molecule has 0 bridgehead atoms. The summed E-state index contributed by atoms with van der Waals surface area (Å²) in [7, 11) is 0. The van der Waals surface area contributed by atoms with Crippen LogP contribution >= 0.6 is 0 Å². The summed E-state index contributed by atoms with van der Waals surface area (Å²) in [5.74, 6) is -0.518. The van der Waals surface area contributed by atoms with Gasteiger partial charge in [0.15, 0.2) is 0 Å². The Labute approximate surface area is 181 Å². The summed E-state index contributed by atoms with van der Waals surface area (Å²) >= 11 is 0. The lowest BCUT2D eigenvalue weighted by molar-refractivity contribution is -0.137. The van der Waals surface area contributed by atoms with Crippen LogP contribution in [0.3, 0.4) is 0 Å². The molecule has 1 atom stereocenters. The maximum Gasteiger partial charge on any atom is 0.416 e. The second-order valence-electron chi connectivity index (χ2n) is 7.89. The average Bonchev–Trinajstić information content (AvgIpc) is 3.29. The number of carbonyl (C=O) groups excluding carboxylic acids is 1. The SMILES string of the molecule is O=C(c1c[nH]c(=O)n(CC2CCCO2)c1=O)N1CCN(c2cccc(C(F)(F)F)c2)CC1. The quantitative estimate of drug-likeness (QED) is 0.763. The molecule has 1 aromatic carbocycles. The van der Waals surface area contributed by atoms with E-state index in [4.69, 9.17) is 4.74 Å². The number of amides is 1. The van der Waals surface area contributed by atoms with Crippen molar-refractivity contribution in [1.29, 1.82) is 0 Å². The van der Waals surface area contributed by atoms with Crippen molar-refractivity contribution in [2.45, 2.75) is 31.7 Å². The largest absolute Gasteiger partial charge is 0.416 e. The van der Waals surface area contributed by atoms with Crippen LogP contribution in [0.2, 0.25) is 0 Å². The minimum absolute atomic E-state index is 0.0820. The highest BCUT2D eigenvalue weighted by Crippen LogP contribution is 2.31. The third-order valence-electron chi connectivity index (χ3n) is 5.81. The predicted octanol–water partition coefficient (Wildman–Crippen LogP) is 1.70. The standard InChI is InChI=1S/C21H23F3N4O4/c22-21(23,24)14-3-1-4-15(11-14)26-6-8-27(9-7-26)18(29)17-12-25-20(31)28(19(17)30)13-16-5-2-10-32-16/h1,3-4,11-12,16H,2,5-10,13H2,(H,25,31). The van der Waals surface area contributed by atoms with Gasteiger partial charge in [-0.15, -0.1) is 0 Å². The predicted molar refractivity (Wildman–Crippen MR) is 110 cm³/mol. The molecule has 0 radical (unpaired) electrons. The monoisotopic (exact) mass is 452 g/mol. The van der Waals surface area contributed by atoms with Gasteiger partial charge in [0.05, 0.1) is 18.2 Å². The molecule has 1 N–H and O–H groups in total. The molecule has 0 saturated carbocycles. The van der Waals surface area contributed by atoms with Crippen LogP contribution in [0.4, 0.5) is 18.9 Å². The van der Waals surface area contributed by atoms with E-state index in [2.05, 4.69) is 4.98 Å². The van der Waals surface area contributed by atoms with Crippen LogP contribution in [0, 0.1) is 0 Å². The molecule has 1 amide bonds. The number of rotatable bonds is 4. The van der Waals surface area contributed by atoms with E-state index in [1.54, 1.807) is 11.0 Å². The summed E-state index contributed by atoms with van der Waals surface area (Å²) in [6, 6.07) is 5.05. The summed E-state index contributed by atoms with van der Waals surface area (Å²) in [5.41, 5.74) is -1.72. The van der Waals surface area contributed by atoms with Crippen LogP contribution in [0.25, 0.3) is 0 Å². The third-order valence-corrected chi connectivity index (χ3v) is 5.81.